The summed E-state index contributed by atoms with van der Waals surface area (Å²) in [7, 11) is 4.75. The molecule has 2 atom stereocenters. The highest BCUT2D eigenvalue weighted by Crippen LogP contribution is 2.22. The monoisotopic (exact) mass is 430 g/mol. The van der Waals surface area contributed by atoms with Gasteiger partial charge in [-0.3, -0.25) is 9.59 Å². The van der Waals surface area contributed by atoms with E-state index in [0.717, 1.165) is 13.1 Å². The van der Waals surface area contributed by atoms with Gasteiger partial charge in [0.15, 0.2) is 0 Å². The Bertz CT molecular complexity index is 350. The van der Waals surface area contributed by atoms with Crippen molar-refractivity contribution < 1.29 is 14.7 Å². The summed E-state index contributed by atoms with van der Waals surface area (Å²) in [6, 6.07) is -1.42. The number of carbonyl (C=O) groups is 2. The molecular weight excluding hydrogens is 407 g/mol. The number of carboxylic acids is 1. The number of piperazine rings is 1. The molecule has 1 aliphatic rings. The molecule has 23 heavy (non-hydrogen) atoms. The highest BCUT2D eigenvalue weighted by molar-refractivity contribution is 8.76. The van der Waals surface area contributed by atoms with Crippen molar-refractivity contribution in [3.8, 4) is 0 Å². The lowest BCUT2D eigenvalue weighted by atomic mass is 10.2. The van der Waals surface area contributed by atoms with Gasteiger partial charge in [0.25, 0.3) is 0 Å². The predicted molar refractivity (Wildman–Crippen MR) is 104 cm³/mol. The van der Waals surface area contributed by atoms with Crippen molar-refractivity contribution in [1.29, 1.82) is 0 Å². The van der Waals surface area contributed by atoms with Gasteiger partial charge in [-0.2, -0.15) is 0 Å². The van der Waals surface area contributed by atoms with Crippen LogP contribution in [0.25, 0.3) is 0 Å². The number of hydrogen-bond donors (Lipinski definition) is 3. The lowest BCUT2D eigenvalue weighted by molar-refractivity contribution is -0.138. The van der Waals surface area contributed by atoms with Crippen molar-refractivity contribution in [3.05, 3.63) is 0 Å². The zero-order valence-corrected chi connectivity index (χ0v) is 16.8. The molecule has 1 rings (SSSR count). The van der Waals surface area contributed by atoms with E-state index < -0.39 is 18.1 Å². The minimum atomic E-state index is -1.02. The van der Waals surface area contributed by atoms with Gasteiger partial charge in [-0.05, 0) is 7.05 Å². The molecular formula is C11H25Cl3N4O3S2. The second-order valence-electron chi connectivity index (χ2n) is 4.75. The van der Waals surface area contributed by atoms with Crippen LogP contribution >= 0.6 is 58.8 Å². The molecule has 7 nitrogen and oxygen atoms in total. The lowest BCUT2D eigenvalue weighted by Gasteiger charge is -2.33. The van der Waals surface area contributed by atoms with Crippen LogP contribution in [0.3, 0.4) is 0 Å². The average molecular weight is 432 g/mol. The molecule has 0 aliphatic carbocycles. The first kappa shape index (κ1) is 28.2. The molecule has 140 valence electrons. The summed E-state index contributed by atoms with van der Waals surface area (Å²) in [6.07, 6.45) is 0. The SMILES string of the molecule is CN1CCN(C(=O)[C@@H](N)CSSC[C@H](N)C(=O)O)CC1.Cl.Cl.Cl. The minimum Gasteiger partial charge on any atom is -0.480 e. The van der Waals surface area contributed by atoms with Gasteiger partial charge in [-0.15, -0.1) is 37.2 Å². The maximum atomic E-state index is 12.1. The molecule has 1 aliphatic heterocycles. The van der Waals surface area contributed by atoms with Crippen molar-refractivity contribution in [3.63, 3.8) is 0 Å². The highest BCUT2D eigenvalue weighted by Gasteiger charge is 2.24. The topological polar surface area (TPSA) is 113 Å². The van der Waals surface area contributed by atoms with Gasteiger partial charge in [0.05, 0.1) is 6.04 Å². The molecule has 1 saturated heterocycles. The van der Waals surface area contributed by atoms with Crippen molar-refractivity contribution in [2.75, 3.05) is 44.7 Å². The van der Waals surface area contributed by atoms with Crippen LogP contribution in [0.5, 0.6) is 0 Å². The van der Waals surface area contributed by atoms with E-state index in [9.17, 15) is 9.59 Å². The van der Waals surface area contributed by atoms with Crippen molar-refractivity contribution >= 4 is 70.7 Å². The number of rotatable bonds is 7. The second kappa shape index (κ2) is 14.7. The van der Waals surface area contributed by atoms with E-state index in [2.05, 4.69) is 4.90 Å². The number of hydrogen-bond acceptors (Lipinski definition) is 7. The quantitative estimate of drug-likeness (QED) is 0.385. The van der Waals surface area contributed by atoms with Gasteiger partial charge in [-0.25, -0.2) is 0 Å². The molecule has 0 saturated carbocycles. The summed E-state index contributed by atoms with van der Waals surface area (Å²) in [5.74, 6) is -0.290. The fraction of sp³-hybridized carbons (Fsp3) is 0.818. The van der Waals surface area contributed by atoms with E-state index >= 15 is 0 Å². The molecule has 0 aromatic heterocycles. The molecule has 0 unspecified atom stereocenters. The second-order valence-corrected chi connectivity index (χ2v) is 7.30. The van der Waals surface area contributed by atoms with E-state index in [0.29, 0.717) is 24.6 Å². The summed E-state index contributed by atoms with van der Waals surface area (Å²) in [5, 5.41) is 8.63. The summed E-state index contributed by atoms with van der Waals surface area (Å²) < 4.78 is 0. The van der Waals surface area contributed by atoms with E-state index in [1.807, 2.05) is 7.05 Å². The van der Waals surface area contributed by atoms with E-state index in [-0.39, 0.29) is 43.1 Å². The number of amides is 1. The largest absolute Gasteiger partial charge is 0.480 e. The Hall–Kier alpha value is 0.390. The highest BCUT2D eigenvalue weighted by atomic mass is 35.5. The fourth-order valence-electron chi connectivity index (χ4n) is 1.65. The van der Waals surface area contributed by atoms with Crippen LogP contribution in [0.1, 0.15) is 0 Å². The van der Waals surface area contributed by atoms with E-state index in [4.69, 9.17) is 16.6 Å². The number of aliphatic carboxylic acids is 1. The number of nitrogens with two attached hydrogens (primary N) is 2. The number of likely N-dealkylation sites (N-methyl/N-ethyl adjacent to an activating group) is 1. The molecule has 0 radical (unpaired) electrons. The first-order chi connectivity index (χ1) is 9.41. The number of nitrogens with zero attached hydrogens (tertiary/aromatic N) is 2. The maximum Gasteiger partial charge on any atom is 0.321 e. The molecule has 0 bridgehead atoms. The fourth-order valence-corrected chi connectivity index (χ4v) is 3.87. The standard InChI is InChI=1S/C11H22N4O3S2.3ClH/c1-14-2-4-15(5-3-14)10(16)8(12)6-19-20-7-9(13)11(17)18;;;/h8-9H,2-7,12-13H2,1H3,(H,17,18);3*1H/t8-,9-;;;/m0.../s1. The molecule has 1 heterocycles. The van der Waals surface area contributed by atoms with Crippen molar-refractivity contribution in [1.82, 2.24) is 9.80 Å². The van der Waals surface area contributed by atoms with Crippen LogP contribution in [0.2, 0.25) is 0 Å². The number of halogens is 3. The van der Waals surface area contributed by atoms with Gasteiger partial charge in [0.1, 0.15) is 6.04 Å². The number of carboxylic acid groups (broad SMARTS) is 1. The Morgan fingerprint density at radius 2 is 1.43 bits per heavy atom. The van der Waals surface area contributed by atoms with Gasteiger partial charge in [-0.1, -0.05) is 21.6 Å². The van der Waals surface area contributed by atoms with Crippen molar-refractivity contribution in [2.24, 2.45) is 11.5 Å². The van der Waals surface area contributed by atoms with Crippen LogP contribution in [0, 0.1) is 0 Å². The van der Waals surface area contributed by atoms with E-state index in [1.165, 1.54) is 21.6 Å². The van der Waals surface area contributed by atoms with Crippen LogP contribution in [-0.4, -0.2) is 83.6 Å². The minimum absolute atomic E-state index is 0. The maximum absolute atomic E-state index is 12.1. The Labute approximate surface area is 163 Å². The van der Waals surface area contributed by atoms with Gasteiger partial charge in [0.2, 0.25) is 5.91 Å². The smallest absolute Gasteiger partial charge is 0.321 e. The number of carbonyl (C=O) groups excluding carboxylic acids is 1. The first-order valence-electron chi connectivity index (χ1n) is 6.37. The molecule has 1 amide bonds. The predicted octanol–water partition coefficient (Wildman–Crippen LogP) is 0.146. The molecule has 0 spiro atoms. The van der Waals surface area contributed by atoms with Crippen LogP contribution < -0.4 is 11.5 Å². The van der Waals surface area contributed by atoms with Crippen LogP contribution in [0.15, 0.2) is 0 Å². The summed E-state index contributed by atoms with van der Waals surface area (Å²) in [6.45, 7) is 3.16. The van der Waals surface area contributed by atoms with E-state index in [1.54, 1.807) is 4.90 Å². The Morgan fingerprint density at radius 1 is 1.00 bits per heavy atom. The summed E-state index contributed by atoms with van der Waals surface area (Å²) in [5.41, 5.74) is 11.3. The van der Waals surface area contributed by atoms with Crippen LogP contribution in [-0.2, 0) is 9.59 Å². The van der Waals surface area contributed by atoms with Gasteiger partial charge >= 0.3 is 5.97 Å². The molecule has 1 fully saturated rings. The third-order valence-corrected chi connectivity index (χ3v) is 5.50. The summed E-state index contributed by atoms with van der Waals surface area (Å²) >= 11 is 0. The third kappa shape index (κ3) is 10.8. The van der Waals surface area contributed by atoms with Gasteiger partial charge < -0.3 is 26.4 Å². The molecule has 0 aromatic carbocycles. The normalized spacial score (nSPS) is 17.1. The zero-order valence-electron chi connectivity index (χ0n) is 12.8. The summed E-state index contributed by atoms with van der Waals surface area (Å²) in [4.78, 5) is 26.6. The zero-order chi connectivity index (χ0) is 15.1. The first-order valence-corrected chi connectivity index (χ1v) is 8.86. The Morgan fingerprint density at radius 3 is 1.87 bits per heavy atom. The van der Waals surface area contributed by atoms with Crippen molar-refractivity contribution in [2.45, 2.75) is 12.1 Å². The third-order valence-electron chi connectivity index (χ3n) is 3.03. The van der Waals surface area contributed by atoms with Gasteiger partial charge in [0, 0.05) is 37.7 Å². The average Bonchev–Trinajstić information content (AvgIpc) is 2.43. The van der Waals surface area contributed by atoms with Crippen LogP contribution in [0.4, 0.5) is 0 Å². The Balaban J connectivity index is -0.00000133. The molecule has 12 heteroatoms. The molecule has 0 aromatic rings. The Kier molecular flexibility index (Phi) is 18.0. The lowest BCUT2D eigenvalue weighted by Crippen LogP contribution is -2.52. The molecule has 5 N–H and O–H groups in total.